The summed E-state index contributed by atoms with van der Waals surface area (Å²) in [4.78, 5) is 8.11. The van der Waals surface area contributed by atoms with Crippen molar-refractivity contribution in [2.45, 2.75) is 6.04 Å². The molecule has 0 saturated heterocycles. The molecular formula is C13H15N3O2S. The summed E-state index contributed by atoms with van der Waals surface area (Å²) in [5.74, 6) is 0.412. The molecule has 1 aromatic heterocycles. The van der Waals surface area contributed by atoms with Gasteiger partial charge in [0, 0.05) is 18.6 Å². The van der Waals surface area contributed by atoms with E-state index in [1.54, 1.807) is 18.5 Å². The Bertz CT molecular complexity index is 615. The quantitative estimate of drug-likeness (QED) is 0.900. The summed E-state index contributed by atoms with van der Waals surface area (Å²) in [6.45, 7) is 0. The van der Waals surface area contributed by atoms with Crippen LogP contribution in [0.1, 0.15) is 11.6 Å². The van der Waals surface area contributed by atoms with Crippen molar-refractivity contribution in [1.29, 1.82) is 0 Å². The molecule has 0 bridgehead atoms. The largest absolute Gasteiger partial charge is 0.346 e. The van der Waals surface area contributed by atoms with Crippen LogP contribution in [0.4, 0.5) is 5.95 Å². The molecule has 100 valence electrons. The van der Waals surface area contributed by atoms with E-state index >= 15 is 0 Å². The lowest BCUT2D eigenvalue weighted by Crippen LogP contribution is -2.21. The molecular weight excluding hydrogens is 262 g/mol. The molecule has 5 nitrogen and oxygen atoms in total. The second-order valence-corrected chi connectivity index (χ2v) is 6.46. The third kappa shape index (κ3) is 4.33. The fourth-order valence-electron chi connectivity index (χ4n) is 1.74. The first-order valence-corrected chi connectivity index (χ1v) is 7.87. The number of benzene rings is 1. The highest BCUT2D eigenvalue weighted by Crippen LogP contribution is 2.18. The van der Waals surface area contributed by atoms with Crippen LogP contribution in [0.2, 0.25) is 0 Å². The van der Waals surface area contributed by atoms with Crippen LogP contribution >= 0.6 is 0 Å². The lowest BCUT2D eigenvalue weighted by atomic mass is 10.1. The topological polar surface area (TPSA) is 72.0 Å². The molecule has 2 aromatic rings. The predicted octanol–water partition coefficient (Wildman–Crippen LogP) is 1.67. The van der Waals surface area contributed by atoms with Crippen LogP contribution in [0.15, 0.2) is 48.8 Å². The van der Waals surface area contributed by atoms with Crippen LogP contribution in [-0.2, 0) is 9.84 Å². The first-order valence-electron chi connectivity index (χ1n) is 5.81. The van der Waals surface area contributed by atoms with Gasteiger partial charge in [0.1, 0.15) is 9.84 Å². The van der Waals surface area contributed by atoms with E-state index < -0.39 is 9.84 Å². The molecule has 1 atom stereocenters. The molecule has 0 saturated carbocycles. The minimum absolute atomic E-state index is 0.00469. The average Bonchev–Trinajstić information content (AvgIpc) is 2.39. The lowest BCUT2D eigenvalue weighted by Gasteiger charge is -2.18. The molecule has 0 aliphatic heterocycles. The van der Waals surface area contributed by atoms with E-state index in [4.69, 9.17) is 0 Å². The molecule has 2 rings (SSSR count). The lowest BCUT2D eigenvalue weighted by molar-refractivity contribution is 0.597. The van der Waals surface area contributed by atoms with Gasteiger partial charge in [-0.05, 0) is 11.6 Å². The van der Waals surface area contributed by atoms with Gasteiger partial charge in [0.15, 0.2) is 0 Å². The molecule has 0 amide bonds. The first kappa shape index (κ1) is 13.5. The summed E-state index contributed by atoms with van der Waals surface area (Å²) in [6.07, 6.45) is 4.44. The molecule has 0 aliphatic carbocycles. The summed E-state index contributed by atoms with van der Waals surface area (Å²) < 4.78 is 23.0. The minimum atomic E-state index is -3.11. The summed E-state index contributed by atoms with van der Waals surface area (Å²) >= 11 is 0. The number of hydrogen-bond donors (Lipinski definition) is 1. The molecule has 6 heteroatoms. The van der Waals surface area contributed by atoms with Crippen molar-refractivity contribution >= 4 is 15.8 Å². The van der Waals surface area contributed by atoms with Crippen molar-refractivity contribution in [2.75, 3.05) is 17.3 Å². The molecule has 1 aromatic carbocycles. The standard InChI is InChI=1S/C13H15N3O2S/c1-19(17,18)10-12(11-6-3-2-4-7-11)16-13-14-8-5-9-15-13/h2-9,12H,10H2,1H3,(H,14,15,16). The molecule has 19 heavy (non-hydrogen) atoms. The highest BCUT2D eigenvalue weighted by molar-refractivity contribution is 7.90. The normalized spacial score (nSPS) is 12.9. The Kier molecular flexibility index (Phi) is 4.11. The second-order valence-electron chi connectivity index (χ2n) is 4.27. The zero-order valence-electron chi connectivity index (χ0n) is 10.5. The Morgan fingerprint density at radius 2 is 1.74 bits per heavy atom. The maximum Gasteiger partial charge on any atom is 0.223 e. The van der Waals surface area contributed by atoms with Crippen LogP contribution < -0.4 is 5.32 Å². The molecule has 0 radical (unpaired) electrons. The van der Waals surface area contributed by atoms with Gasteiger partial charge in [-0.25, -0.2) is 18.4 Å². The molecule has 1 N–H and O–H groups in total. The Morgan fingerprint density at radius 1 is 1.11 bits per heavy atom. The summed E-state index contributed by atoms with van der Waals surface area (Å²) in [6, 6.07) is 10.7. The number of hydrogen-bond acceptors (Lipinski definition) is 5. The Hall–Kier alpha value is -1.95. The zero-order chi connectivity index (χ0) is 13.7. The van der Waals surface area contributed by atoms with E-state index in [-0.39, 0.29) is 11.8 Å². The van der Waals surface area contributed by atoms with Crippen molar-refractivity contribution in [1.82, 2.24) is 9.97 Å². The van der Waals surface area contributed by atoms with E-state index in [1.165, 1.54) is 6.26 Å². The van der Waals surface area contributed by atoms with Crippen LogP contribution in [0.25, 0.3) is 0 Å². The minimum Gasteiger partial charge on any atom is -0.346 e. The average molecular weight is 277 g/mol. The van der Waals surface area contributed by atoms with E-state index in [0.29, 0.717) is 5.95 Å². The van der Waals surface area contributed by atoms with Crippen molar-refractivity contribution in [3.8, 4) is 0 Å². The van der Waals surface area contributed by atoms with Crippen LogP contribution in [0.3, 0.4) is 0 Å². The summed E-state index contributed by atoms with van der Waals surface area (Å²) in [5.41, 5.74) is 0.889. The van der Waals surface area contributed by atoms with Gasteiger partial charge >= 0.3 is 0 Å². The Morgan fingerprint density at radius 3 is 2.32 bits per heavy atom. The number of nitrogens with zero attached hydrogens (tertiary/aromatic N) is 2. The van der Waals surface area contributed by atoms with Gasteiger partial charge in [-0.3, -0.25) is 0 Å². The van der Waals surface area contributed by atoms with E-state index in [1.807, 2.05) is 30.3 Å². The third-order valence-corrected chi connectivity index (χ3v) is 3.48. The van der Waals surface area contributed by atoms with Crippen molar-refractivity contribution in [2.24, 2.45) is 0 Å². The molecule has 0 aliphatic rings. The smallest absolute Gasteiger partial charge is 0.223 e. The fraction of sp³-hybridized carbons (Fsp3) is 0.231. The predicted molar refractivity (Wildman–Crippen MR) is 74.5 cm³/mol. The van der Waals surface area contributed by atoms with Gasteiger partial charge in [0.25, 0.3) is 0 Å². The van der Waals surface area contributed by atoms with Gasteiger partial charge < -0.3 is 5.32 Å². The van der Waals surface area contributed by atoms with Crippen molar-refractivity contribution in [3.05, 3.63) is 54.4 Å². The van der Waals surface area contributed by atoms with Crippen LogP contribution in [0, 0.1) is 0 Å². The maximum atomic E-state index is 11.5. The highest BCUT2D eigenvalue weighted by Gasteiger charge is 2.17. The van der Waals surface area contributed by atoms with Crippen molar-refractivity contribution < 1.29 is 8.42 Å². The summed E-state index contributed by atoms with van der Waals surface area (Å²) in [7, 11) is -3.11. The van der Waals surface area contributed by atoms with Crippen molar-refractivity contribution in [3.63, 3.8) is 0 Å². The Labute approximate surface area is 112 Å². The highest BCUT2D eigenvalue weighted by atomic mass is 32.2. The zero-order valence-corrected chi connectivity index (χ0v) is 11.3. The molecule has 1 heterocycles. The van der Waals surface area contributed by atoms with Gasteiger partial charge in [0.2, 0.25) is 5.95 Å². The van der Waals surface area contributed by atoms with Gasteiger partial charge in [0.05, 0.1) is 11.8 Å². The van der Waals surface area contributed by atoms with Gasteiger partial charge in [-0.2, -0.15) is 0 Å². The molecule has 1 unspecified atom stereocenters. The monoisotopic (exact) mass is 277 g/mol. The SMILES string of the molecule is CS(=O)(=O)CC(Nc1ncccn1)c1ccccc1. The number of sulfone groups is 1. The van der Waals surface area contributed by atoms with Crippen LogP contribution in [0.5, 0.6) is 0 Å². The van der Waals surface area contributed by atoms with E-state index in [0.717, 1.165) is 5.56 Å². The fourth-order valence-corrected chi connectivity index (χ4v) is 2.62. The van der Waals surface area contributed by atoms with Crippen LogP contribution in [-0.4, -0.2) is 30.4 Å². The number of rotatable bonds is 5. The molecule has 0 spiro atoms. The number of anilines is 1. The number of aromatic nitrogens is 2. The first-order chi connectivity index (χ1) is 9.04. The van der Waals surface area contributed by atoms with E-state index in [9.17, 15) is 8.42 Å². The Balaban J connectivity index is 2.25. The van der Waals surface area contributed by atoms with Gasteiger partial charge in [-0.15, -0.1) is 0 Å². The molecule has 0 fully saturated rings. The third-order valence-electron chi connectivity index (χ3n) is 2.54. The summed E-state index contributed by atoms with van der Waals surface area (Å²) in [5, 5.41) is 3.05. The maximum absolute atomic E-state index is 11.5. The van der Waals surface area contributed by atoms with E-state index in [2.05, 4.69) is 15.3 Å². The van der Waals surface area contributed by atoms with Gasteiger partial charge in [-0.1, -0.05) is 30.3 Å². The second kappa shape index (κ2) is 5.79. The number of nitrogens with one attached hydrogen (secondary N) is 1.